The fourth-order valence-corrected chi connectivity index (χ4v) is 9.22. The van der Waals surface area contributed by atoms with Gasteiger partial charge < -0.3 is 9.38 Å². The van der Waals surface area contributed by atoms with E-state index in [0.29, 0.717) is 0 Å². The third kappa shape index (κ3) is 2.74. The van der Waals surface area contributed by atoms with Crippen LogP contribution >= 0.6 is 11.3 Å². The van der Waals surface area contributed by atoms with Crippen LogP contribution in [0.3, 0.4) is 0 Å². The van der Waals surface area contributed by atoms with Crippen molar-refractivity contribution in [3.63, 3.8) is 0 Å². The Morgan fingerprint density at radius 3 is 2.16 bits per heavy atom. The molecule has 44 heavy (non-hydrogen) atoms. The average molecular weight is 575 g/mol. The van der Waals surface area contributed by atoms with Gasteiger partial charge in [0.25, 0.3) is 0 Å². The predicted molar refractivity (Wildman–Crippen MR) is 190 cm³/mol. The first-order chi connectivity index (χ1) is 21.9. The van der Waals surface area contributed by atoms with Crippen molar-refractivity contribution in [2.75, 3.05) is 4.90 Å². The van der Waals surface area contributed by atoms with E-state index < -0.39 is 0 Å². The second-order valence-corrected chi connectivity index (χ2v) is 13.0. The Balaban J connectivity index is 1.41. The summed E-state index contributed by atoms with van der Waals surface area (Å²) in [5.74, 6) is 0. The van der Waals surface area contributed by atoms with Gasteiger partial charge in [-0.25, -0.2) is 0 Å². The van der Waals surface area contributed by atoms with E-state index in [1.54, 1.807) is 0 Å². The standard InChI is InChI=1S/C40H23BN2S/c1-3-12-27-24(9-1)11-7-18-34(27)42-38-28-13-4-2-10-25(28)19-20-33(38)41-36-32(23-26-21-22-44-40(26)39(36)42)31-16-8-15-30-29-14-5-6-17-35(29)43(41)37(30)31/h1-23H. The fourth-order valence-electron chi connectivity index (χ4n) is 8.29. The molecule has 4 heterocycles. The monoisotopic (exact) mass is 574 g/mol. The highest BCUT2D eigenvalue weighted by Crippen LogP contribution is 2.51. The van der Waals surface area contributed by atoms with Crippen molar-refractivity contribution in [1.29, 1.82) is 0 Å². The number of fused-ring (bicyclic) bond motifs is 12. The van der Waals surface area contributed by atoms with Gasteiger partial charge in [-0.05, 0) is 62.3 Å². The van der Waals surface area contributed by atoms with Crippen LogP contribution in [-0.4, -0.2) is 11.3 Å². The van der Waals surface area contributed by atoms with Gasteiger partial charge in [0.05, 0.1) is 21.8 Å². The predicted octanol–water partition coefficient (Wildman–Crippen LogP) is 9.73. The summed E-state index contributed by atoms with van der Waals surface area (Å²) in [6, 6.07) is 49.8. The lowest BCUT2D eigenvalue weighted by Crippen LogP contribution is -2.56. The summed E-state index contributed by atoms with van der Waals surface area (Å²) in [6.45, 7) is 0.0506. The maximum atomic E-state index is 2.65. The number of anilines is 3. The van der Waals surface area contributed by atoms with Crippen LogP contribution in [0.25, 0.3) is 64.6 Å². The number of hydrogen-bond donors (Lipinski definition) is 0. The number of para-hydroxylation sites is 2. The first-order valence-corrected chi connectivity index (χ1v) is 16.1. The molecule has 0 spiro atoms. The minimum atomic E-state index is 0.0506. The lowest BCUT2D eigenvalue weighted by Gasteiger charge is -2.41. The van der Waals surface area contributed by atoms with Gasteiger partial charge >= 0.3 is 6.85 Å². The van der Waals surface area contributed by atoms with E-state index in [1.807, 2.05) is 11.3 Å². The number of aromatic nitrogens is 1. The van der Waals surface area contributed by atoms with E-state index in [4.69, 9.17) is 0 Å². The molecule has 0 amide bonds. The molecule has 0 N–H and O–H groups in total. The van der Waals surface area contributed by atoms with Crippen molar-refractivity contribution in [1.82, 2.24) is 4.48 Å². The molecule has 0 atom stereocenters. The van der Waals surface area contributed by atoms with Crippen LogP contribution in [0.4, 0.5) is 17.1 Å². The summed E-state index contributed by atoms with van der Waals surface area (Å²) in [7, 11) is 0. The van der Waals surface area contributed by atoms with Crippen molar-refractivity contribution in [3.05, 3.63) is 139 Å². The second kappa shape index (κ2) is 8.19. The van der Waals surface area contributed by atoms with E-state index in [1.165, 1.54) is 92.6 Å². The summed E-state index contributed by atoms with van der Waals surface area (Å²) >= 11 is 1.86. The molecule has 2 nitrogen and oxygen atoms in total. The Labute approximate surface area is 258 Å². The minimum absolute atomic E-state index is 0.0506. The number of benzene rings is 7. The molecule has 0 saturated carbocycles. The first-order valence-electron chi connectivity index (χ1n) is 15.2. The molecule has 11 rings (SSSR count). The zero-order valence-electron chi connectivity index (χ0n) is 23.7. The van der Waals surface area contributed by atoms with Gasteiger partial charge in [0, 0.05) is 38.1 Å². The molecule has 0 radical (unpaired) electrons. The van der Waals surface area contributed by atoms with Crippen LogP contribution in [0, 0.1) is 0 Å². The summed E-state index contributed by atoms with van der Waals surface area (Å²) < 4.78 is 3.99. The summed E-state index contributed by atoms with van der Waals surface area (Å²) in [5, 5.41) is 11.3. The second-order valence-electron chi connectivity index (χ2n) is 12.1. The van der Waals surface area contributed by atoms with Crippen LogP contribution < -0.4 is 15.8 Å². The molecule has 7 aromatic carbocycles. The first kappa shape index (κ1) is 23.2. The third-order valence-electron chi connectivity index (χ3n) is 9.99. The van der Waals surface area contributed by atoms with Crippen LogP contribution in [0.15, 0.2) is 139 Å². The highest BCUT2D eigenvalue weighted by Gasteiger charge is 2.44. The largest absolute Gasteiger partial charge is 0.375 e. The zero-order chi connectivity index (χ0) is 28.5. The zero-order valence-corrected chi connectivity index (χ0v) is 24.5. The van der Waals surface area contributed by atoms with Crippen molar-refractivity contribution in [3.8, 4) is 11.1 Å². The molecule has 0 fully saturated rings. The van der Waals surface area contributed by atoms with Crippen LogP contribution in [-0.2, 0) is 0 Å². The Bertz CT molecular complexity index is 2690. The van der Waals surface area contributed by atoms with Crippen LogP contribution in [0.1, 0.15) is 0 Å². The van der Waals surface area contributed by atoms with Gasteiger partial charge in [0.15, 0.2) is 0 Å². The van der Waals surface area contributed by atoms with Gasteiger partial charge in [-0.1, -0.05) is 109 Å². The quantitative estimate of drug-likeness (QED) is 0.177. The summed E-state index contributed by atoms with van der Waals surface area (Å²) in [5.41, 5.74) is 11.9. The Morgan fingerprint density at radius 2 is 1.25 bits per heavy atom. The van der Waals surface area contributed by atoms with E-state index in [-0.39, 0.29) is 6.85 Å². The molecule has 0 bridgehead atoms. The third-order valence-corrected chi connectivity index (χ3v) is 10.9. The Kier molecular flexibility index (Phi) is 4.32. The molecular weight excluding hydrogens is 551 g/mol. The van der Waals surface area contributed by atoms with Crippen LogP contribution in [0.2, 0.25) is 0 Å². The maximum absolute atomic E-state index is 2.65. The molecule has 2 aliphatic heterocycles. The normalized spacial score (nSPS) is 13.4. The molecule has 202 valence electrons. The van der Waals surface area contributed by atoms with Gasteiger partial charge in [0.1, 0.15) is 0 Å². The van der Waals surface area contributed by atoms with Gasteiger partial charge in [-0.3, -0.25) is 0 Å². The van der Waals surface area contributed by atoms with Crippen molar-refractivity contribution < 1.29 is 0 Å². The average Bonchev–Trinajstić information content (AvgIpc) is 3.69. The minimum Gasteiger partial charge on any atom is -0.375 e. The van der Waals surface area contributed by atoms with Gasteiger partial charge in [-0.2, -0.15) is 0 Å². The molecule has 2 aromatic heterocycles. The summed E-state index contributed by atoms with van der Waals surface area (Å²) in [4.78, 5) is 2.62. The highest BCUT2D eigenvalue weighted by atomic mass is 32.1. The molecule has 0 unspecified atom stereocenters. The van der Waals surface area contributed by atoms with Gasteiger partial charge in [-0.15, -0.1) is 11.3 Å². The SMILES string of the molecule is c1ccc2c(N3c4c(ccc5ccccc45)B4c5c(cc6ccsc6c53)-c3cccc5c6ccccc6n4c35)cccc2c1. The molecular formula is C40H23BN2S. The lowest BCUT2D eigenvalue weighted by molar-refractivity contribution is 1.28. The topological polar surface area (TPSA) is 8.17 Å². The lowest BCUT2D eigenvalue weighted by atomic mass is 9.45. The number of thiophene rings is 1. The molecule has 0 saturated heterocycles. The molecule has 2 aliphatic rings. The number of rotatable bonds is 1. The van der Waals surface area contributed by atoms with Crippen molar-refractivity contribution >= 4 is 99.6 Å². The van der Waals surface area contributed by atoms with E-state index >= 15 is 0 Å². The number of nitrogens with zero attached hydrogens (tertiary/aromatic N) is 2. The van der Waals surface area contributed by atoms with E-state index in [0.717, 1.165) is 0 Å². The highest BCUT2D eigenvalue weighted by molar-refractivity contribution is 7.18. The van der Waals surface area contributed by atoms with Crippen molar-refractivity contribution in [2.24, 2.45) is 0 Å². The van der Waals surface area contributed by atoms with E-state index in [2.05, 4.69) is 148 Å². The van der Waals surface area contributed by atoms with Gasteiger partial charge in [0.2, 0.25) is 0 Å². The number of hydrogen-bond acceptors (Lipinski definition) is 2. The van der Waals surface area contributed by atoms with E-state index in [9.17, 15) is 0 Å². The summed E-state index contributed by atoms with van der Waals surface area (Å²) in [6.07, 6.45) is 0. The molecule has 9 aromatic rings. The Hall–Kier alpha value is -5.32. The smallest absolute Gasteiger partial charge is 0.333 e. The maximum Gasteiger partial charge on any atom is 0.333 e. The van der Waals surface area contributed by atoms with Crippen LogP contribution in [0.5, 0.6) is 0 Å². The fraction of sp³-hybridized carbons (Fsp3) is 0. The molecule has 0 aliphatic carbocycles. The van der Waals surface area contributed by atoms with Crippen molar-refractivity contribution in [2.45, 2.75) is 0 Å². The molecule has 4 heteroatoms. The Morgan fingerprint density at radius 1 is 0.523 bits per heavy atom.